The summed E-state index contributed by atoms with van der Waals surface area (Å²) in [6.07, 6.45) is 0.325. The molecule has 0 bridgehead atoms. The van der Waals surface area contributed by atoms with E-state index in [0.717, 1.165) is 0 Å². The molecule has 3 unspecified atom stereocenters. The number of nitrogens with zero attached hydrogens (tertiary/aromatic N) is 1. The number of Topliss-reactive ketones (excluding diaryl/α,β-unsaturated/α-hetero) is 1. The van der Waals surface area contributed by atoms with Gasteiger partial charge < -0.3 is 5.11 Å². The molecule has 0 aromatic carbocycles. The molecule has 1 saturated carbocycles. The lowest BCUT2D eigenvalue weighted by molar-refractivity contribution is -0.130. The molecule has 3 heteroatoms. The molecule has 60 valence electrons. The lowest BCUT2D eigenvalue weighted by atomic mass is 9.89. The number of nitriles is 1. The third-order valence-electron chi connectivity index (χ3n) is 2.62. The van der Waals surface area contributed by atoms with Crippen molar-refractivity contribution in [1.82, 2.24) is 0 Å². The molecule has 1 rings (SSSR count). The zero-order chi connectivity index (χ0) is 8.65. The highest BCUT2D eigenvalue weighted by atomic mass is 16.3. The van der Waals surface area contributed by atoms with Gasteiger partial charge in [0.15, 0.2) is 5.78 Å². The van der Waals surface area contributed by atoms with Crippen molar-refractivity contribution in [2.75, 3.05) is 0 Å². The van der Waals surface area contributed by atoms with Crippen LogP contribution in [0.3, 0.4) is 0 Å². The maximum Gasteiger partial charge on any atom is 0.212 e. The summed E-state index contributed by atoms with van der Waals surface area (Å²) < 4.78 is 0. The molecule has 0 radical (unpaired) electrons. The number of hydrogen-bond acceptors (Lipinski definition) is 3. The highest BCUT2D eigenvalue weighted by molar-refractivity contribution is 5.92. The summed E-state index contributed by atoms with van der Waals surface area (Å²) in [5.41, 5.74) is -1.71. The van der Waals surface area contributed by atoms with Gasteiger partial charge in [-0.25, -0.2) is 0 Å². The summed E-state index contributed by atoms with van der Waals surface area (Å²) in [7, 11) is 0. The summed E-state index contributed by atoms with van der Waals surface area (Å²) in [6.45, 7) is 3.61. The topological polar surface area (TPSA) is 61.1 Å². The van der Waals surface area contributed by atoms with Crippen LogP contribution in [-0.4, -0.2) is 16.5 Å². The van der Waals surface area contributed by atoms with Gasteiger partial charge >= 0.3 is 0 Å². The summed E-state index contributed by atoms with van der Waals surface area (Å²) in [4.78, 5) is 11.1. The molecule has 11 heavy (non-hydrogen) atoms. The highest BCUT2D eigenvalue weighted by Crippen LogP contribution is 2.36. The van der Waals surface area contributed by atoms with Gasteiger partial charge in [0.1, 0.15) is 6.07 Å². The van der Waals surface area contributed by atoms with Crippen LogP contribution >= 0.6 is 0 Å². The quantitative estimate of drug-likeness (QED) is 0.515. The lowest BCUT2D eigenvalue weighted by Gasteiger charge is -2.18. The molecular weight excluding hydrogens is 142 g/mol. The molecule has 1 aliphatic rings. The third-order valence-corrected chi connectivity index (χ3v) is 2.62. The predicted octanol–water partition coefficient (Wildman–Crippen LogP) is 0.486. The molecule has 0 amide bonds. The van der Waals surface area contributed by atoms with E-state index >= 15 is 0 Å². The molecule has 0 heterocycles. The Kier molecular flexibility index (Phi) is 1.73. The van der Waals surface area contributed by atoms with Crippen LogP contribution in [0.1, 0.15) is 20.3 Å². The smallest absolute Gasteiger partial charge is 0.212 e. The maximum absolute atomic E-state index is 11.1. The van der Waals surface area contributed by atoms with Gasteiger partial charge in [0.05, 0.1) is 0 Å². The molecule has 1 aliphatic carbocycles. The molecule has 3 atom stereocenters. The fraction of sp³-hybridized carbons (Fsp3) is 0.750. The van der Waals surface area contributed by atoms with Crippen LogP contribution in [0.5, 0.6) is 0 Å². The first kappa shape index (κ1) is 8.22. The van der Waals surface area contributed by atoms with E-state index in [9.17, 15) is 9.90 Å². The number of ketones is 1. The van der Waals surface area contributed by atoms with Crippen molar-refractivity contribution >= 4 is 5.78 Å². The molecule has 0 spiro atoms. The zero-order valence-corrected chi connectivity index (χ0v) is 6.66. The Morgan fingerprint density at radius 1 is 1.73 bits per heavy atom. The van der Waals surface area contributed by atoms with Crippen LogP contribution in [0.25, 0.3) is 0 Å². The van der Waals surface area contributed by atoms with E-state index in [1.807, 2.05) is 6.92 Å². The third kappa shape index (κ3) is 0.945. The second kappa shape index (κ2) is 2.31. The summed E-state index contributed by atoms with van der Waals surface area (Å²) in [5.74, 6) is -0.452. The molecular formula is C8H11NO2. The second-order valence-electron chi connectivity index (χ2n) is 3.27. The van der Waals surface area contributed by atoms with E-state index < -0.39 is 5.60 Å². The Bertz CT molecular complexity index is 231. The van der Waals surface area contributed by atoms with E-state index in [1.165, 1.54) is 0 Å². The summed E-state index contributed by atoms with van der Waals surface area (Å²) in [5, 5.41) is 18.1. The van der Waals surface area contributed by atoms with Gasteiger partial charge in [0.2, 0.25) is 5.60 Å². The van der Waals surface area contributed by atoms with E-state index in [1.54, 1.807) is 13.0 Å². The lowest BCUT2D eigenvalue weighted by Crippen LogP contribution is -2.37. The molecule has 0 aromatic heterocycles. The largest absolute Gasteiger partial charge is 0.369 e. The van der Waals surface area contributed by atoms with Crippen LogP contribution in [0, 0.1) is 23.2 Å². The fourth-order valence-electron chi connectivity index (χ4n) is 1.45. The summed E-state index contributed by atoms with van der Waals surface area (Å²) >= 11 is 0. The van der Waals surface area contributed by atoms with Crippen LogP contribution in [0.4, 0.5) is 0 Å². The van der Waals surface area contributed by atoms with Crippen LogP contribution < -0.4 is 0 Å². The van der Waals surface area contributed by atoms with Crippen molar-refractivity contribution in [3.05, 3.63) is 0 Å². The Balaban J connectivity index is 2.99. The van der Waals surface area contributed by atoms with Gasteiger partial charge in [-0.15, -0.1) is 0 Å². The standard InChI is InChI=1S/C8H11NO2/c1-5-3-7(10)8(11,4-9)6(5)2/h5-6,11H,3H2,1-2H3. The monoisotopic (exact) mass is 153 g/mol. The molecule has 0 saturated heterocycles. The average molecular weight is 153 g/mol. The zero-order valence-electron chi connectivity index (χ0n) is 6.66. The minimum atomic E-state index is -1.71. The van der Waals surface area contributed by atoms with Gasteiger partial charge in [-0.3, -0.25) is 4.79 Å². The van der Waals surface area contributed by atoms with Gasteiger partial charge in [-0.05, 0) is 5.92 Å². The SMILES string of the molecule is CC1CC(=O)C(O)(C#N)C1C. The highest BCUT2D eigenvalue weighted by Gasteiger charge is 2.50. The van der Waals surface area contributed by atoms with Crippen LogP contribution in [0.15, 0.2) is 0 Å². The molecule has 1 N–H and O–H groups in total. The maximum atomic E-state index is 11.1. The Morgan fingerprint density at radius 3 is 2.45 bits per heavy atom. The fourth-order valence-corrected chi connectivity index (χ4v) is 1.45. The van der Waals surface area contributed by atoms with Crippen molar-refractivity contribution in [2.45, 2.75) is 25.9 Å². The van der Waals surface area contributed by atoms with Crippen molar-refractivity contribution in [3.63, 3.8) is 0 Å². The second-order valence-corrected chi connectivity index (χ2v) is 3.27. The summed E-state index contributed by atoms with van der Waals surface area (Å²) in [6, 6.07) is 1.68. The van der Waals surface area contributed by atoms with E-state index in [4.69, 9.17) is 5.26 Å². The number of hydrogen-bond donors (Lipinski definition) is 1. The van der Waals surface area contributed by atoms with E-state index in [2.05, 4.69) is 0 Å². The molecule has 0 aliphatic heterocycles. The molecule has 3 nitrogen and oxygen atoms in total. The number of aliphatic hydroxyl groups is 1. The molecule has 1 fully saturated rings. The number of carbonyl (C=O) groups is 1. The van der Waals surface area contributed by atoms with Crippen molar-refractivity contribution < 1.29 is 9.90 Å². The van der Waals surface area contributed by atoms with Gasteiger partial charge in [-0.2, -0.15) is 5.26 Å². The van der Waals surface area contributed by atoms with E-state index in [-0.39, 0.29) is 17.6 Å². The Labute approximate surface area is 65.6 Å². The van der Waals surface area contributed by atoms with Gasteiger partial charge in [-0.1, -0.05) is 13.8 Å². The van der Waals surface area contributed by atoms with Crippen molar-refractivity contribution in [3.8, 4) is 6.07 Å². The number of rotatable bonds is 0. The van der Waals surface area contributed by atoms with Gasteiger partial charge in [0.25, 0.3) is 0 Å². The predicted molar refractivity (Wildman–Crippen MR) is 38.5 cm³/mol. The minimum Gasteiger partial charge on any atom is -0.369 e. The number of carbonyl (C=O) groups excluding carboxylic acids is 1. The van der Waals surface area contributed by atoms with E-state index in [0.29, 0.717) is 6.42 Å². The molecule has 0 aromatic rings. The van der Waals surface area contributed by atoms with Gasteiger partial charge in [0, 0.05) is 12.3 Å². The van der Waals surface area contributed by atoms with Crippen LogP contribution in [0.2, 0.25) is 0 Å². The van der Waals surface area contributed by atoms with Crippen molar-refractivity contribution in [1.29, 1.82) is 5.26 Å². The van der Waals surface area contributed by atoms with Crippen molar-refractivity contribution in [2.24, 2.45) is 11.8 Å². The first-order valence-electron chi connectivity index (χ1n) is 3.69. The first-order valence-corrected chi connectivity index (χ1v) is 3.69. The minimum absolute atomic E-state index is 0.118. The first-order chi connectivity index (χ1) is 5.02. The Morgan fingerprint density at radius 2 is 2.27 bits per heavy atom. The normalized spacial score (nSPS) is 44.0. The average Bonchev–Trinajstić information content (AvgIpc) is 2.16. The Hall–Kier alpha value is -0.880. The van der Waals surface area contributed by atoms with Crippen LogP contribution in [-0.2, 0) is 4.79 Å².